The monoisotopic (exact) mass is 429 g/mol. The van der Waals surface area contributed by atoms with E-state index < -0.39 is 0 Å². The summed E-state index contributed by atoms with van der Waals surface area (Å²) in [5.74, 6) is 0.165. The highest BCUT2D eigenvalue weighted by Crippen LogP contribution is 2.26. The van der Waals surface area contributed by atoms with E-state index in [0.29, 0.717) is 32.1 Å². The summed E-state index contributed by atoms with van der Waals surface area (Å²) in [4.78, 5) is 26.9. The predicted molar refractivity (Wildman–Crippen MR) is 116 cm³/mol. The molecule has 2 heterocycles. The van der Waals surface area contributed by atoms with Gasteiger partial charge in [0.2, 0.25) is 5.91 Å². The number of carbonyl (C=O) groups excluding carboxylic acids is 2. The van der Waals surface area contributed by atoms with E-state index in [1.165, 1.54) is 0 Å². The van der Waals surface area contributed by atoms with Crippen molar-refractivity contribution in [3.05, 3.63) is 41.1 Å². The highest BCUT2D eigenvalue weighted by molar-refractivity contribution is 5.93. The molecule has 31 heavy (non-hydrogen) atoms. The van der Waals surface area contributed by atoms with Crippen molar-refractivity contribution in [2.75, 3.05) is 40.0 Å². The summed E-state index contributed by atoms with van der Waals surface area (Å²) in [7, 11) is 1.58. The Labute approximate surface area is 182 Å². The molecule has 2 aromatic rings. The van der Waals surface area contributed by atoms with E-state index in [1.54, 1.807) is 18.1 Å². The van der Waals surface area contributed by atoms with Crippen molar-refractivity contribution in [2.24, 2.45) is 0 Å². The lowest BCUT2D eigenvalue weighted by molar-refractivity contribution is -0.121. The Hall–Kier alpha value is -2.71. The molecule has 1 unspecified atom stereocenters. The van der Waals surface area contributed by atoms with Crippen molar-refractivity contribution in [3.8, 4) is 11.3 Å². The quantitative estimate of drug-likeness (QED) is 0.584. The molecule has 1 saturated heterocycles. The lowest BCUT2D eigenvalue weighted by Gasteiger charge is -2.24. The zero-order chi connectivity index (χ0) is 22.2. The van der Waals surface area contributed by atoms with Gasteiger partial charge in [-0.05, 0) is 38.3 Å². The van der Waals surface area contributed by atoms with E-state index in [1.807, 2.05) is 32.0 Å². The van der Waals surface area contributed by atoms with Crippen LogP contribution in [0.2, 0.25) is 0 Å². The first-order valence-corrected chi connectivity index (χ1v) is 10.7. The Morgan fingerprint density at radius 2 is 2.13 bits per heavy atom. The van der Waals surface area contributed by atoms with Crippen molar-refractivity contribution < 1.29 is 23.6 Å². The van der Waals surface area contributed by atoms with Crippen LogP contribution in [0.1, 0.15) is 40.9 Å². The van der Waals surface area contributed by atoms with Crippen LogP contribution in [0.25, 0.3) is 11.3 Å². The number of hydrogen-bond acceptors (Lipinski definition) is 6. The van der Waals surface area contributed by atoms with E-state index >= 15 is 0 Å². The smallest absolute Gasteiger partial charge is 0.276 e. The second-order valence-electron chi connectivity index (χ2n) is 7.87. The minimum atomic E-state index is -0.263. The molecule has 0 radical (unpaired) electrons. The number of aryl methyl sites for hydroxylation is 2. The van der Waals surface area contributed by atoms with Gasteiger partial charge in [-0.15, -0.1) is 0 Å². The Morgan fingerprint density at radius 3 is 2.87 bits per heavy atom. The van der Waals surface area contributed by atoms with E-state index in [9.17, 15) is 9.59 Å². The number of benzene rings is 1. The van der Waals surface area contributed by atoms with Gasteiger partial charge in [-0.2, -0.15) is 0 Å². The van der Waals surface area contributed by atoms with Crippen molar-refractivity contribution in [2.45, 2.75) is 39.2 Å². The molecule has 1 aromatic heterocycles. The molecule has 1 aliphatic rings. The van der Waals surface area contributed by atoms with Crippen LogP contribution in [-0.2, 0) is 14.3 Å². The first kappa shape index (κ1) is 23.0. The van der Waals surface area contributed by atoms with Gasteiger partial charge in [0.15, 0.2) is 11.5 Å². The Bertz CT molecular complexity index is 889. The third-order valence-electron chi connectivity index (χ3n) is 5.36. The highest BCUT2D eigenvalue weighted by Gasteiger charge is 2.26. The van der Waals surface area contributed by atoms with Crippen LogP contribution in [0, 0.1) is 13.8 Å². The summed E-state index contributed by atoms with van der Waals surface area (Å²) in [6, 6.07) is 7.73. The third-order valence-corrected chi connectivity index (χ3v) is 5.36. The fourth-order valence-corrected chi connectivity index (χ4v) is 3.59. The third kappa shape index (κ3) is 6.38. The summed E-state index contributed by atoms with van der Waals surface area (Å²) in [5, 5.41) is 6.80. The normalized spacial score (nSPS) is 15.8. The lowest BCUT2D eigenvalue weighted by atomic mass is 10.0. The zero-order valence-electron chi connectivity index (χ0n) is 18.5. The molecular formula is C23H31N3O5. The number of amides is 2. The molecular weight excluding hydrogens is 398 g/mol. The van der Waals surface area contributed by atoms with E-state index in [0.717, 1.165) is 29.5 Å². The van der Waals surface area contributed by atoms with Gasteiger partial charge in [-0.3, -0.25) is 9.59 Å². The average molecular weight is 430 g/mol. The van der Waals surface area contributed by atoms with Crippen LogP contribution >= 0.6 is 0 Å². The largest absolute Gasteiger partial charge is 0.383 e. The zero-order valence-corrected chi connectivity index (χ0v) is 18.5. The van der Waals surface area contributed by atoms with Crippen molar-refractivity contribution in [1.82, 2.24) is 15.4 Å². The molecule has 0 saturated carbocycles. The van der Waals surface area contributed by atoms with E-state index in [2.05, 4.69) is 10.5 Å². The number of aromatic nitrogens is 1. The minimum Gasteiger partial charge on any atom is -0.383 e. The second kappa shape index (κ2) is 11.1. The molecule has 1 atom stereocenters. The first-order valence-electron chi connectivity index (χ1n) is 10.7. The summed E-state index contributed by atoms with van der Waals surface area (Å²) in [6.45, 7) is 6.29. The summed E-state index contributed by atoms with van der Waals surface area (Å²) < 4.78 is 16.1. The van der Waals surface area contributed by atoms with Gasteiger partial charge in [0.05, 0.1) is 12.7 Å². The van der Waals surface area contributed by atoms with Gasteiger partial charge in [-0.25, -0.2) is 0 Å². The number of nitrogens with zero attached hydrogens (tertiary/aromatic N) is 2. The topological polar surface area (TPSA) is 93.9 Å². The highest BCUT2D eigenvalue weighted by atomic mass is 16.5. The van der Waals surface area contributed by atoms with Gasteiger partial charge in [0.1, 0.15) is 0 Å². The summed E-state index contributed by atoms with van der Waals surface area (Å²) in [6.07, 6.45) is 2.05. The molecule has 1 aliphatic heterocycles. The number of methoxy groups -OCH3 is 1. The molecule has 2 amide bonds. The summed E-state index contributed by atoms with van der Waals surface area (Å²) >= 11 is 0. The molecule has 0 bridgehead atoms. The maximum Gasteiger partial charge on any atom is 0.276 e. The van der Waals surface area contributed by atoms with Crippen LogP contribution in [0.5, 0.6) is 0 Å². The van der Waals surface area contributed by atoms with Crippen LogP contribution < -0.4 is 5.32 Å². The molecule has 1 fully saturated rings. The second-order valence-corrected chi connectivity index (χ2v) is 7.87. The molecule has 168 valence electrons. The number of rotatable bonds is 10. The maximum absolute atomic E-state index is 13.2. The Balaban J connectivity index is 1.70. The number of hydrogen-bond donors (Lipinski definition) is 1. The molecule has 0 spiro atoms. The van der Waals surface area contributed by atoms with Crippen LogP contribution in [0.15, 0.2) is 28.8 Å². The summed E-state index contributed by atoms with van der Waals surface area (Å²) in [5.41, 5.74) is 3.29. The van der Waals surface area contributed by atoms with Crippen molar-refractivity contribution in [1.29, 1.82) is 0 Å². The van der Waals surface area contributed by atoms with Crippen LogP contribution in [0.4, 0.5) is 0 Å². The number of carbonyl (C=O) groups is 2. The van der Waals surface area contributed by atoms with Crippen LogP contribution in [0.3, 0.4) is 0 Å². The fourth-order valence-electron chi connectivity index (χ4n) is 3.59. The maximum atomic E-state index is 13.2. The molecule has 1 aromatic carbocycles. The van der Waals surface area contributed by atoms with Gasteiger partial charge in [-0.1, -0.05) is 22.9 Å². The average Bonchev–Trinajstić information content (AvgIpc) is 3.45. The number of nitrogens with one attached hydrogen (secondary N) is 1. The number of ether oxygens (including phenoxy) is 2. The fraction of sp³-hybridized carbons (Fsp3) is 0.522. The molecule has 3 rings (SSSR count). The van der Waals surface area contributed by atoms with E-state index in [-0.39, 0.29) is 36.6 Å². The van der Waals surface area contributed by atoms with Gasteiger partial charge < -0.3 is 24.2 Å². The Morgan fingerprint density at radius 1 is 1.29 bits per heavy atom. The lowest BCUT2D eigenvalue weighted by Crippen LogP contribution is -2.40. The van der Waals surface area contributed by atoms with Crippen LogP contribution in [-0.4, -0.2) is 67.9 Å². The SMILES string of the molecule is COCCNC(=O)CCN(CC1CCCO1)C(=O)c1cc(-c2cc(C)ccc2C)on1. The Kier molecular flexibility index (Phi) is 8.20. The molecule has 1 N–H and O–H groups in total. The molecule has 8 nitrogen and oxygen atoms in total. The van der Waals surface area contributed by atoms with E-state index in [4.69, 9.17) is 14.0 Å². The minimum absolute atomic E-state index is 0.0223. The van der Waals surface area contributed by atoms with Gasteiger partial charge >= 0.3 is 0 Å². The van der Waals surface area contributed by atoms with Crippen molar-refractivity contribution >= 4 is 11.8 Å². The molecule has 8 heteroatoms. The van der Waals surface area contributed by atoms with Gasteiger partial charge in [0.25, 0.3) is 5.91 Å². The first-order chi connectivity index (χ1) is 15.0. The van der Waals surface area contributed by atoms with Crippen molar-refractivity contribution in [3.63, 3.8) is 0 Å². The predicted octanol–water partition coefficient (Wildman–Crippen LogP) is 2.73. The standard InChI is InChI=1S/C23H31N3O5/c1-16-6-7-17(2)19(13-16)21-14-20(25-31-21)23(28)26(15-18-5-4-11-30-18)10-8-22(27)24-9-12-29-3/h6-7,13-14,18H,4-5,8-12,15H2,1-3H3,(H,24,27). The molecule has 0 aliphatic carbocycles. The van der Waals surface area contributed by atoms with Gasteiger partial charge in [0, 0.05) is 51.4 Å².